The smallest absolute Gasteiger partial charge is 0.160 e. The van der Waals surface area contributed by atoms with Gasteiger partial charge in [0, 0.05) is 16.7 Å². The highest BCUT2D eigenvalue weighted by Gasteiger charge is 2.48. The summed E-state index contributed by atoms with van der Waals surface area (Å²) in [5.41, 5.74) is 16.8. The van der Waals surface area contributed by atoms with Crippen molar-refractivity contribution >= 4 is 10.8 Å². The first-order chi connectivity index (χ1) is 29.3. The van der Waals surface area contributed by atoms with Crippen LogP contribution in [0, 0.1) is 0 Å². The highest BCUT2D eigenvalue weighted by atomic mass is 14.9. The van der Waals surface area contributed by atoms with Gasteiger partial charge in [0.1, 0.15) is 0 Å². The Morgan fingerprint density at radius 1 is 0.322 bits per heavy atom. The number of hydrogen-bond donors (Lipinski definition) is 0. The van der Waals surface area contributed by atoms with Crippen LogP contribution < -0.4 is 0 Å². The number of rotatable bonds is 7. The van der Waals surface area contributed by atoms with E-state index < -0.39 is 5.41 Å². The first-order valence-electron chi connectivity index (χ1n) is 20.2. The summed E-state index contributed by atoms with van der Waals surface area (Å²) >= 11 is 0. The van der Waals surface area contributed by atoms with Gasteiger partial charge in [-0.05, 0) is 90.7 Å². The summed E-state index contributed by atoms with van der Waals surface area (Å²) in [5, 5.41) is 2.49. The molecule has 11 rings (SSSR count). The highest BCUT2D eigenvalue weighted by Crippen LogP contribution is 2.60. The lowest BCUT2D eigenvalue weighted by atomic mass is 9.66. The maximum Gasteiger partial charge on any atom is 0.160 e. The van der Waals surface area contributed by atoms with Crippen molar-refractivity contribution in [3.63, 3.8) is 0 Å². The molecule has 276 valence electrons. The minimum atomic E-state index is -0.511. The van der Waals surface area contributed by atoms with Gasteiger partial charge in [-0.25, -0.2) is 9.97 Å². The monoisotopic (exact) mass is 750 g/mol. The van der Waals surface area contributed by atoms with E-state index in [4.69, 9.17) is 9.97 Å². The molecule has 0 aliphatic heterocycles. The average molecular weight is 751 g/mol. The van der Waals surface area contributed by atoms with E-state index in [1.807, 2.05) is 12.1 Å². The maximum absolute atomic E-state index is 5.14. The van der Waals surface area contributed by atoms with Gasteiger partial charge in [-0.1, -0.05) is 206 Å². The molecule has 1 aliphatic rings. The predicted octanol–water partition coefficient (Wildman–Crippen LogP) is 14.3. The van der Waals surface area contributed by atoms with Crippen LogP contribution in [0.25, 0.3) is 78.1 Å². The number of fused-ring (bicyclic) bond motifs is 5. The van der Waals surface area contributed by atoms with Gasteiger partial charge >= 0.3 is 0 Å². The normalized spacial score (nSPS) is 12.5. The van der Waals surface area contributed by atoms with Crippen LogP contribution in [0.2, 0.25) is 0 Å². The predicted molar refractivity (Wildman–Crippen MR) is 244 cm³/mol. The topological polar surface area (TPSA) is 25.8 Å². The van der Waals surface area contributed by atoms with Crippen LogP contribution in [-0.2, 0) is 5.41 Å². The van der Waals surface area contributed by atoms with Crippen molar-refractivity contribution in [3.8, 4) is 67.3 Å². The fourth-order valence-electron chi connectivity index (χ4n) is 9.34. The van der Waals surface area contributed by atoms with E-state index in [0.29, 0.717) is 5.82 Å². The zero-order chi connectivity index (χ0) is 39.2. The second-order valence-corrected chi connectivity index (χ2v) is 15.3. The van der Waals surface area contributed by atoms with Crippen LogP contribution in [-0.4, -0.2) is 9.97 Å². The molecule has 1 heterocycles. The van der Waals surface area contributed by atoms with Crippen molar-refractivity contribution < 1.29 is 0 Å². The summed E-state index contributed by atoms with van der Waals surface area (Å²) in [6.07, 6.45) is 0. The molecule has 2 heteroatoms. The molecule has 9 aromatic carbocycles. The standard InChI is InChI=1S/C57H38N2/c1-5-19-39(20-6-1)52-38-53(40-21-7-2-8-22-40)59-56(58-52)45-27-18-25-42(36-45)41-24-17-26-43(35-41)50-37-44-23-13-14-32-48(44)55-54(50)49-33-15-16-34-51(49)57(55,46-28-9-3-10-29-46)47-30-11-4-12-31-47/h1-38H. The summed E-state index contributed by atoms with van der Waals surface area (Å²) in [6.45, 7) is 0. The van der Waals surface area contributed by atoms with Crippen LogP contribution in [0.1, 0.15) is 22.3 Å². The zero-order valence-electron chi connectivity index (χ0n) is 32.3. The third-order valence-electron chi connectivity index (χ3n) is 11.9. The van der Waals surface area contributed by atoms with Gasteiger partial charge in [0.15, 0.2) is 5.82 Å². The van der Waals surface area contributed by atoms with E-state index in [1.165, 1.54) is 55.3 Å². The first-order valence-corrected chi connectivity index (χ1v) is 20.2. The van der Waals surface area contributed by atoms with Gasteiger partial charge in [-0.15, -0.1) is 0 Å². The maximum atomic E-state index is 5.14. The summed E-state index contributed by atoms with van der Waals surface area (Å²) in [4.78, 5) is 10.3. The molecular formula is C57H38N2. The van der Waals surface area contributed by atoms with E-state index in [-0.39, 0.29) is 0 Å². The fourth-order valence-corrected chi connectivity index (χ4v) is 9.34. The lowest BCUT2D eigenvalue weighted by Crippen LogP contribution is -2.28. The molecular weight excluding hydrogens is 713 g/mol. The Hall–Kier alpha value is -7.68. The van der Waals surface area contributed by atoms with E-state index in [0.717, 1.165) is 39.2 Å². The minimum Gasteiger partial charge on any atom is -0.228 e. The zero-order valence-corrected chi connectivity index (χ0v) is 32.3. The summed E-state index contributed by atoms with van der Waals surface area (Å²) in [6, 6.07) is 83.0. The third kappa shape index (κ3) is 5.80. The molecule has 0 spiro atoms. The van der Waals surface area contributed by atoms with E-state index in [9.17, 15) is 0 Å². The van der Waals surface area contributed by atoms with Crippen LogP contribution in [0.3, 0.4) is 0 Å². The SMILES string of the molecule is c1ccc(-c2cc(-c3ccccc3)nc(-c3cccc(-c4cccc(-c5cc6ccccc6c6c5-c5ccccc5C6(c5ccccc5)c5ccccc5)c4)c3)n2)cc1. The second kappa shape index (κ2) is 14.4. The Morgan fingerprint density at radius 3 is 1.42 bits per heavy atom. The lowest BCUT2D eigenvalue weighted by Gasteiger charge is -2.35. The molecule has 10 aromatic rings. The van der Waals surface area contributed by atoms with Crippen molar-refractivity contribution in [2.75, 3.05) is 0 Å². The van der Waals surface area contributed by atoms with Crippen molar-refractivity contribution in [2.45, 2.75) is 5.41 Å². The molecule has 0 amide bonds. The fraction of sp³-hybridized carbons (Fsp3) is 0.0175. The van der Waals surface area contributed by atoms with Gasteiger partial charge in [0.25, 0.3) is 0 Å². The molecule has 0 fully saturated rings. The Labute approximate surface area is 344 Å². The average Bonchev–Trinajstić information content (AvgIpc) is 3.64. The number of hydrogen-bond acceptors (Lipinski definition) is 2. The molecule has 59 heavy (non-hydrogen) atoms. The van der Waals surface area contributed by atoms with Gasteiger partial charge in [-0.2, -0.15) is 0 Å². The van der Waals surface area contributed by atoms with E-state index in [1.54, 1.807) is 0 Å². The molecule has 0 unspecified atom stereocenters. The Balaban J connectivity index is 1.10. The lowest BCUT2D eigenvalue weighted by molar-refractivity contribution is 0.775. The Kier molecular flexibility index (Phi) is 8.41. The molecule has 0 bridgehead atoms. The quantitative estimate of drug-likeness (QED) is 0.162. The van der Waals surface area contributed by atoms with Crippen LogP contribution >= 0.6 is 0 Å². The summed E-state index contributed by atoms with van der Waals surface area (Å²) in [5.74, 6) is 0.699. The number of nitrogens with zero attached hydrogens (tertiary/aromatic N) is 2. The molecule has 1 aliphatic carbocycles. The van der Waals surface area contributed by atoms with Crippen LogP contribution in [0.4, 0.5) is 0 Å². The van der Waals surface area contributed by atoms with Crippen molar-refractivity contribution in [1.29, 1.82) is 0 Å². The van der Waals surface area contributed by atoms with Crippen molar-refractivity contribution in [1.82, 2.24) is 9.97 Å². The third-order valence-corrected chi connectivity index (χ3v) is 11.9. The number of benzene rings is 9. The molecule has 0 N–H and O–H groups in total. The Morgan fingerprint density at radius 2 is 0.797 bits per heavy atom. The summed E-state index contributed by atoms with van der Waals surface area (Å²) < 4.78 is 0. The molecule has 0 saturated carbocycles. The van der Waals surface area contributed by atoms with Crippen molar-refractivity contribution in [2.24, 2.45) is 0 Å². The molecule has 1 aromatic heterocycles. The van der Waals surface area contributed by atoms with Gasteiger partial charge in [-0.3, -0.25) is 0 Å². The summed E-state index contributed by atoms with van der Waals surface area (Å²) in [7, 11) is 0. The molecule has 0 atom stereocenters. The van der Waals surface area contributed by atoms with Gasteiger partial charge < -0.3 is 0 Å². The highest BCUT2D eigenvalue weighted by molar-refractivity contribution is 6.07. The molecule has 2 nitrogen and oxygen atoms in total. The van der Waals surface area contributed by atoms with E-state index >= 15 is 0 Å². The van der Waals surface area contributed by atoms with E-state index in [2.05, 4.69) is 218 Å². The van der Waals surface area contributed by atoms with Crippen LogP contribution in [0.15, 0.2) is 231 Å². The molecule has 0 saturated heterocycles. The minimum absolute atomic E-state index is 0.511. The second-order valence-electron chi connectivity index (χ2n) is 15.3. The Bertz CT molecular complexity index is 3040. The van der Waals surface area contributed by atoms with Crippen LogP contribution in [0.5, 0.6) is 0 Å². The molecule has 0 radical (unpaired) electrons. The number of aromatic nitrogens is 2. The largest absolute Gasteiger partial charge is 0.228 e. The first kappa shape index (κ1) is 34.6. The van der Waals surface area contributed by atoms with Gasteiger partial charge in [0.05, 0.1) is 16.8 Å². The van der Waals surface area contributed by atoms with Gasteiger partial charge in [0.2, 0.25) is 0 Å². The van der Waals surface area contributed by atoms with Crippen molar-refractivity contribution in [3.05, 3.63) is 253 Å².